The minimum Gasteiger partial charge on any atom is -0.391 e. The third-order valence-electron chi connectivity index (χ3n) is 3.24. The second-order valence-corrected chi connectivity index (χ2v) is 4.97. The van der Waals surface area contributed by atoms with Crippen LogP contribution in [0.2, 0.25) is 0 Å². The summed E-state index contributed by atoms with van der Waals surface area (Å²) in [5.41, 5.74) is 0. The number of anilines is 2. The maximum absolute atomic E-state index is 9.55. The molecule has 1 unspecified atom stereocenters. The maximum Gasteiger partial charge on any atom is 0.134 e. The SMILES string of the molecule is Cc1nc(NC2CC2)cc(N2CCC(O)C2)n1. The fraction of sp³-hybridized carbons (Fsp3) is 0.667. The number of aliphatic hydroxyl groups excluding tert-OH is 1. The van der Waals surface area contributed by atoms with E-state index in [1.165, 1.54) is 12.8 Å². The van der Waals surface area contributed by atoms with Gasteiger partial charge in [-0.1, -0.05) is 0 Å². The lowest BCUT2D eigenvalue weighted by Gasteiger charge is -2.18. The molecule has 1 aliphatic carbocycles. The van der Waals surface area contributed by atoms with E-state index in [1.807, 2.05) is 13.0 Å². The Morgan fingerprint density at radius 1 is 1.35 bits per heavy atom. The summed E-state index contributed by atoms with van der Waals surface area (Å²) in [6, 6.07) is 2.59. The Bertz CT molecular complexity index is 419. The minimum atomic E-state index is -0.217. The standard InChI is InChI=1S/C12H18N4O/c1-8-13-11(15-9-2-3-9)6-12(14-8)16-5-4-10(17)7-16/h6,9-10,17H,2-5,7H2,1H3,(H,13,14,15). The molecule has 3 rings (SSSR count). The summed E-state index contributed by atoms with van der Waals surface area (Å²) in [6.45, 7) is 3.47. The van der Waals surface area contributed by atoms with Crippen LogP contribution in [0.1, 0.15) is 25.1 Å². The van der Waals surface area contributed by atoms with Crippen molar-refractivity contribution < 1.29 is 5.11 Å². The molecule has 0 spiro atoms. The average Bonchev–Trinajstić information content (AvgIpc) is 2.97. The molecule has 0 radical (unpaired) electrons. The Labute approximate surface area is 101 Å². The monoisotopic (exact) mass is 234 g/mol. The molecule has 0 bridgehead atoms. The molecule has 2 heterocycles. The molecule has 1 atom stereocenters. The van der Waals surface area contributed by atoms with Crippen molar-refractivity contribution in [1.82, 2.24) is 9.97 Å². The van der Waals surface area contributed by atoms with Gasteiger partial charge in [-0.25, -0.2) is 9.97 Å². The Hall–Kier alpha value is -1.36. The van der Waals surface area contributed by atoms with Crippen molar-refractivity contribution in [3.63, 3.8) is 0 Å². The molecule has 0 amide bonds. The van der Waals surface area contributed by atoms with Crippen LogP contribution in [-0.4, -0.2) is 40.3 Å². The molecule has 1 aromatic rings. The van der Waals surface area contributed by atoms with E-state index in [2.05, 4.69) is 20.2 Å². The molecule has 2 fully saturated rings. The van der Waals surface area contributed by atoms with Crippen LogP contribution in [0.15, 0.2) is 6.07 Å². The van der Waals surface area contributed by atoms with Gasteiger partial charge in [0.05, 0.1) is 6.10 Å². The summed E-state index contributed by atoms with van der Waals surface area (Å²) < 4.78 is 0. The van der Waals surface area contributed by atoms with E-state index in [-0.39, 0.29) is 6.10 Å². The van der Waals surface area contributed by atoms with Gasteiger partial charge in [-0.2, -0.15) is 0 Å². The van der Waals surface area contributed by atoms with Crippen LogP contribution in [0.5, 0.6) is 0 Å². The minimum absolute atomic E-state index is 0.217. The van der Waals surface area contributed by atoms with E-state index in [0.717, 1.165) is 30.4 Å². The molecule has 2 aliphatic rings. The van der Waals surface area contributed by atoms with Gasteiger partial charge >= 0.3 is 0 Å². The van der Waals surface area contributed by atoms with Crippen molar-refractivity contribution in [1.29, 1.82) is 0 Å². The first-order valence-electron chi connectivity index (χ1n) is 6.26. The van der Waals surface area contributed by atoms with Crippen molar-refractivity contribution in [2.75, 3.05) is 23.3 Å². The summed E-state index contributed by atoms with van der Waals surface area (Å²) in [7, 11) is 0. The second kappa shape index (κ2) is 4.14. The number of aliphatic hydroxyl groups is 1. The lowest BCUT2D eigenvalue weighted by molar-refractivity contribution is 0.198. The van der Waals surface area contributed by atoms with Gasteiger partial charge in [0.25, 0.3) is 0 Å². The smallest absolute Gasteiger partial charge is 0.134 e. The highest BCUT2D eigenvalue weighted by atomic mass is 16.3. The van der Waals surface area contributed by atoms with Gasteiger partial charge in [0.15, 0.2) is 0 Å². The predicted molar refractivity (Wildman–Crippen MR) is 66.3 cm³/mol. The van der Waals surface area contributed by atoms with Crippen molar-refractivity contribution in [2.45, 2.75) is 38.3 Å². The Morgan fingerprint density at radius 3 is 2.82 bits per heavy atom. The first kappa shape index (κ1) is 10.8. The van der Waals surface area contributed by atoms with Gasteiger partial charge in [0.2, 0.25) is 0 Å². The zero-order valence-corrected chi connectivity index (χ0v) is 10.1. The van der Waals surface area contributed by atoms with E-state index in [0.29, 0.717) is 12.6 Å². The molecule has 17 heavy (non-hydrogen) atoms. The van der Waals surface area contributed by atoms with Crippen molar-refractivity contribution in [3.8, 4) is 0 Å². The zero-order chi connectivity index (χ0) is 11.8. The lowest BCUT2D eigenvalue weighted by atomic mass is 10.3. The lowest BCUT2D eigenvalue weighted by Crippen LogP contribution is -2.23. The number of hydrogen-bond acceptors (Lipinski definition) is 5. The molecule has 1 aliphatic heterocycles. The zero-order valence-electron chi connectivity index (χ0n) is 10.1. The first-order valence-corrected chi connectivity index (χ1v) is 6.26. The average molecular weight is 234 g/mol. The van der Waals surface area contributed by atoms with Gasteiger partial charge in [-0.15, -0.1) is 0 Å². The predicted octanol–water partition coefficient (Wildman–Crippen LogP) is 0.930. The number of aromatic nitrogens is 2. The highest BCUT2D eigenvalue weighted by Gasteiger charge is 2.24. The Morgan fingerprint density at radius 2 is 2.18 bits per heavy atom. The number of aryl methyl sites for hydroxylation is 1. The van der Waals surface area contributed by atoms with Crippen molar-refractivity contribution in [2.24, 2.45) is 0 Å². The van der Waals surface area contributed by atoms with Gasteiger partial charge in [0.1, 0.15) is 17.5 Å². The molecular weight excluding hydrogens is 216 g/mol. The number of hydrogen-bond donors (Lipinski definition) is 2. The first-order chi connectivity index (χ1) is 8.20. The molecule has 1 aromatic heterocycles. The Balaban J connectivity index is 1.80. The quantitative estimate of drug-likeness (QED) is 0.814. The third kappa shape index (κ3) is 2.49. The largest absolute Gasteiger partial charge is 0.391 e. The summed E-state index contributed by atoms with van der Waals surface area (Å²) in [5.74, 6) is 2.63. The van der Waals surface area contributed by atoms with E-state index >= 15 is 0 Å². The molecule has 1 saturated carbocycles. The van der Waals surface area contributed by atoms with Crippen LogP contribution >= 0.6 is 0 Å². The number of rotatable bonds is 3. The third-order valence-corrected chi connectivity index (χ3v) is 3.24. The highest BCUT2D eigenvalue weighted by molar-refractivity contribution is 5.51. The van der Waals surface area contributed by atoms with Crippen LogP contribution < -0.4 is 10.2 Å². The van der Waals surface area contributed by atoms with E-state index in [9.17, 15) is 5.11 Å². The van der Waals surface area contributed by atoms with Crippen LogP contribution in [0.4, 0.5) is 11.6 Å². The van der Waals surface area contributed by atoms with Crippen LogP contribution in [0.25, 0.3) is 0 Å². The van der Waals surface area contributed by atoms with E-state index in [1.54, 1.807) is 0 Å². The summed E-state index contributed by atoms with van der Waals surface area (Å²) >= 11 is 0. The molecule has 5 nitrogen and oxygen atoms in total. The normalized spacial score (nSPS) is 24.1. The highest BCUT2D eigenvalue weighted by Crippen LogP contribution is 2.26. The van der Waals surface area contributed by atoms with E-state index < -0.39 is 0 Å². The van der Waals surface area contributed by atoms with Gasteiger partial charge in [-0.3, -0.25) is 0 Å². The van der Waals surface area contributed by atoms with Crippen LogP contribution in [-0.2, 0) is 0 Å². The Kier molecular flexibility index (Phi) is 2.63. The van der Waals surface area contributed by atoms with Crippen molar-refractivity contribution in [3.05, 3.63) is 11.9 Å². The number of nitrogens with one attached hydrogen (secondary N) is 1. The van der Waals surface area contributed by atoms with Crippen LogP contribution in [0, 0.1) is 6.92 Å². The summed E-state index contributed by atoms with van der Waals surface area (Å²) in [5, 5.41) is 12.9. The van der Waals surface area contributed by atoms with Gasteiger partial charge in [0, 0.05) is 25.2 Å². The molecular formula is C12H18N4O. The molecule has 0 aromatic carbocycles. The summed E-state index contributed by atoms with van der Waals surface area (Å²) in [6.07, 6.45) is 3.08. The fourth-order valence-corrected chi connectivity index (χ4v) is 2.17. The molecule has 92 valence electrons. The summed E-state index contributed by atoms with van der Waals surface area (Å²) in [4.78, 5) is 11.0. The maximum atomic E-state index is 9.55. The van der Waals surface area contributed by atoms with Gasteiger partial charge < -0.3 is 15.3 Å². The molecule has 1 saturated heterocycles. The van der Waals surface area contributed by atoms with Crippen molar-refractivity contribution >= 4 is 11.6 Å². The molecule has 5 heteroatoms. The number of β-amino-alcohol motifs (C(OH)–C–C–N with tert-alkyl or cyclic N) is 1. The molecule has 2 N–H and O–H groups in total. The van der Waals surface area contributed by atoms with E-state index in [4.69, 9.17) is 0 Å². The topological polar surface area (TPSA) is 61.3 Å². The number of nitrogens with zero attached hydrogens (tertiary/aromatic N) is 3. The fourth-order valence-electron chi connectivity index (χ4n) is 2.17. The van der Waals surface area contributed by atoms with Gasteiger partial charge in [-0.05, 0) is 26.2 Å². The second-order valence-electron chi connectivity index (χ2n) is 4.97. The van der Waals surface area contributed by atoms with Crippen LogP contribution in [0.3, 0.4) is 0 Å².